The van der Waals surface area contributed by atoms with Crippen molar-refractivity contribution in [3.8, 4) is 0 Å². The first-order valence-electron chi connectivity index (χ1n) is 10.5. The van der Waals surface area contributed by atoms with Crippen LogP contribution in [0, 0.1) is 13.8 Å². The van der Waals surface area contributed by atoms with Crippen LogP contribution in [0.3, 0.4) is 0 Å². The number of carbonyl (C=O) groups is 3. The van der Waals surface area contributed by atoms with E-state index in [4.69, 9.17) is 4.74 Å². The maximum atomic E-state index is 13.6. The van der Waals surface area contributed by atoms with E-state index in [0.29, 0.717) is 22.4 Å². The summed E-state index contributed by atoms with van der Waals surface area (Å²) in [5.74, 6) is -1.01. The zero-order valence-electron chi connectivity index (χ0n) is 18.7. The van der Waals surface area contributed by atoms with Crippen molar-refractivity contribution in [3.05, 3.63) is 88.5 Å². The lowest BCUT2D eigenvalue weighted by molar-refractivity contribution is 0.0518. The molecule has 0 aliphatic rings. The van der Waals surface area contributed by atoms with Crippen LogP contribution in [0.25, 0.3) is 0 Å². The van der Waals surface area contributed by atoms with Crippen LogP contribution in [-0.2, 0) is 11.3 Å². The molecule has 3 rings (SSSR count). The number of benzene rings is 1. The number of H-pyrrole nitrogens is 1. The largest absolute Gasteiger partial charge is 0.461 e. The number of esters is 1. The first-order valence-corrected chi connectivity index (χ1v) is 10.5. The summed E-state index contributed by atoms with van der Waals surface area (Å²) >= 11 is 0. The molecule has 1 aromatic carbocycles. The maximum absolute atomic E-state index is 13.6. The number of ether oxygens (including phenoxy) is 1. The molecule has 0 saturated heterocycles. The van der Waals surface area contributed by atoms with E-state index in [0.717, 1.165) is 5.56 Å². The summed E-state index contributed by atoms with van der Waals surface area (Å²) in [7, 11) is 0. The number of carbonyl (C=O) groups excluding carboxylic acids is 3. The van der Waals surface area contributed by atoms with Crippen molar-refractivity contribution in [1.82, 2.24) is 14.9 Å². The number of aryl methyl sites for hydroxylation is 1. The number of aromatic amines is 1. The molecule has 2 heterocycles. The Morgan fingerprint density at radius 1 is 1.09 bits per heavy atom. The van der Waals surface area contributed by atoms with Crippen molar-refractivity contribution < 1.29 is 19.1 Å². The molecule has 0 spiro atoms. The first kappa shape index (κ1) is 22.9. The van der Waals surface area contributed by atoms with Gasteiger partial charge >= 0.3 is 5.97 Å². The van der Waals surface area contributed by atoms with Gasteiger partial charge in [-0.3, -0.25) is 14.6 Å². The van der Waals surface area contributed by atoms with Gasteiger partial charge in [-0.2, -0.15) is 0 Å². The Bertz CT molecular complexity index is 1110. The SMILES string of the molecule is CCOC(=O)c1[nH]c(C)c(C(=O)C(C)N(Cc2cccnc2)C(=O)c2ccccc2)c1C. The van der Waals surface area contributed by atoms with Crippen LogP contribution >= 0.6 is 0 Å². The second kappa shape index (κ2) is 10.0. The monoisotopic (exact) mass is 433 g/mol. The molecule has 7 heteroatoms. The Hall–Kier alpha value is -3.74. The van der Waals surface area contributed by atoms with Crippen molar-refractivity contribution in [2.24, 2.45) is 0 Å². The molecule has 0 saturated carbocycles. The van der Waals surface area contributed by atoms with Gasteiger partial charge in [0.1, 0.15) is 5.69 Å². The molecule has 1 amide bonds. The number of pyridine rings is 1. The third kappa shape index (κ3) is 4.77. The summed E-state index contributed by atoms with van der Waals surface area (Å²) < 4.78 is 5.09. The molecule has 2 aromatic heterocycles. The number of amides is 1. The van der Waals surface area contributed by atoms with Crippen molar-refractivity contribution in [2.75, 3.05) is 6.61 Å². The number of nitrogens with zero attached hydrogens (tertiary/aromatic N) is 2. The second-order valence-electron chi connectivity index (χ2n) is 7.55. The van der Waals surface area contributed by atoms with E-state index in [2.05, 4.69) is 9.97 Å². The summed E-state index contributed by atoms with van der Waals surface area (Å²) in [5, 5.41) is 0. The molecule has 0 radical (unpaired) electrons. The topological polar surface area (TPSA) is 92.4 Å². The molecule has 0 bridgehead atoms. The third-order valence-corrected chi connectivity index (χ3v) is 5.37. The number of ketones is 1. The lowest BCUT2D eigenvalue weighted by Crippen LogP contribution is -2.43. The van der Waals surface area contributed by atoms with Gasteiger partial charge < -0.3 is 14.6 Å². The summed E-state index contributed by atoms with van der Waals surface area (Å²) in [4.78, 5) is 47.8. The fourth-order valence-electron chi connectivity index (χ4n) is 3.70. The molecule has 0 aliphatic carbocycles. The van der Waals surface area contributed by atoms with Crippen LogP contribution < -0.4 is 0 Å². The summed E-state index contributed by atoms with van der Waals surface area (Å²) in [6, 6.07) is 11.7. The van der Waals surface area contributed by atoms with E-state index >= 15 is 0 Å². The van der Waals surface area contributed by atoms with Gasteiger partial charge in [0.15, 0.2) is 5.78 Å². The van der Waals surface area contributed by atoms with Crippen LogP contribution in [0.1, 0.15) is 61.9 Å². The minimum atomic E-state index is -0.772. The molecule has 7 nitrogen and oxygen atoms in total. The maximum Gasteiger partial charge on any atom is 0.355 e. The number of Topliss-reactive ketones (excluding diaryl/α,β-unsaturated/α-hetero) is 1. The van der Waals surface area contributed by atoms with Gasteiger partial charge in [-0.25, -0.2) is 4.79 Å². The summed E-state index contributed by atoms with van der Waals surface area (Å²) in [5.41, 5.74) is 3.05. The average molecular weight is 434 g/mol. The highest BCUT2D eigenvalue weighted by atomic mass is 16.5. The summed E-state index contributed by atoms with van der Waals surface area (Å²) in [6.07, 6.45) is 3.33. The number of nitrogens with one attached hydrogen (secondary N) is 1. The highest BCUT2D eigenvalue weighted by Crippen LogP contribution is 2.23. The average Bonchev–Trinajstić information content (AvgIpc) is 3.11. The molecule has 32 heavy (non-hydrogen) atoms. The number of hydrogen-bond donors (Lipinski definition) is 1. The quantitative estimate of drug-likeness (QED) is 0.426. The molecule has 0 aliphatic heterocycles. The van der Waals surface area contributed by atoms with Crippen LogP contribution in [0.2, 0.25) is 0 Å². The zero-order valence-corrected chi connectivity index (χ0v) is 18.7. The molecule has 0 fully saturated rings. The first-order chi connectivity index (χ1) is 15.3. The van der Waals surface area contributed by atoms with Gasteiger partial charge in [0.2, 0.25) is 0 Å². The van der Waals surface area contributed by atoms with Gasteiger partial charge in [0.05, 0.1) is 12.6 Å². The lowest BCUT2D eigenvalue weighted by Gasteiger charge is -2.29. The van der Waals surface area contributed by atoms with Gasteiger partial charge in [0, 0.05) is 35.8 Å². The predicted octanol–water partition coefficient (Wildman–Crippen LogP) is 4.12. The number of hydrogen-bond acceptors (Lipinski definition) is 5. The van der Waals surface area contributed by atoms with E-state index in [9.17, 15) is 14.4 Å². The molecule has 1 unspecified atom stereocenters. The fourth-order valence-corrected chi connectivity index (χ4v) is 3.70. The second-order valence-corrected chi connectivity index (χ2v) is 7.55. The highest BCUT2D eigenvalue weighted by Gasteiger charge is 2.31. The third-order valence-electron chi connectivity index (χ3n) is 5.37. The smallest absolute Gasteiger partial charge is 0.355 e. The van der Waals surface area contributed by atoms with E-state index in [1.807, 2.05) is 12.1 Å². The Balaban J connectivity index is 1.97. The minimum absolute atomic E-state index is 0.224. The Morgan fingerprint density at radius 2 is 1.81 bits per heavy atom. The van der Waals surface area contributed by atoms with E-state index in [1.165, 1.54) is 4.90 Å². The van der Waals surface area contributed by atoms with Gasteiger partial charge in [-0.1, -0.05) is 24.3 Å². The van der Waals surface area contributed by atoms with Crippen LogP contribution in [0.15, 0.2) is 54.9 Å². The normalized spacial score (nSPS) is 11.6. The summed E-state index contributed by atoms with van der Waals surface area (Å²) in [6.45, 7) is 7.33. The number of rotatable bonds is 8. The molecule has 3 aromatic rings. The Kier molecular flexibility index (Phi) is 7.20. The van der Waals surface area contributed by atoms with E-state index in [-0.39, 0.29) is 30.5 Å². The standard InChI is InChI=1S/C25H27N3O4/c1-5-32-25(31)22-16(2)21(17(3)27-22)23(29)18(4)28(15-19-10-9-13-26-14-19)24(30)20-11-7-6-8-12-20/h6-14,18,27H,5,15H2,1-4H3. The number of aromatic nitrogens is 2. The molecule has 1 atom stereocenters. The molecule has 166 valence electrons. The van der Waals surface area contributed by atoms with Crippen LogP contribution in [0.4, 0.5) is 0 Å². The molecular formula is C25H27N3O4. The van der Waals surface area contributed by atoms with Gasteiger partial charge in [-0.15, -0.1) is 0 Å². The van der Waals surface area contributed by atoms with E-state index < -0.39 is 12.0 Å². The van der Waals surface area contributed by atoms with Crippen molar-refractivity contribution >= 4 is 17.7 Å². The van der Waals surface area contributed by atoms with E-state index in [1.54, 1.807) is 70.4 Å². The minimum Gasteiger partial charge on any atom is -0.461 e. The van der Waals surface area contributed by atoms with Crippen LogP contribution in [0.5, 0.6) is 0 Å². The molecule has 1 N–H and O–H groups in total. The van der Waals surface area contributed by atoms with Crippen molar-refractivity contribution in [1.29, 1.82) is 0 Å². The van der Waals surface area contributed by atoms with Gasteiger partial charge in [0.25, 0.3) is 5.91 Å². The lowest BCUT2D eigenvalue weighted by atomic mass is 9.99. The van der Waals surface area contributed by atoms with Crippen molar-refractivity contribution in [2.45, 2.75) is 40.3 Å². The fraction of sp³-hybridized carbons (Fsp3) is 0.280. The van der Waals surface area contributed by atoms with Crippen molar-refractivity contribution in [3.63, 3.8) is 0 Å². The Labute approximate surface area is 187 Å². The highest BCUT2D eigenvalue weighted by molar-refractivity contribution is 6.07. The molecular weight excluding hydrogens is 406 g/mol. The zero-order chi connectivity index (χ0) is 23.3. The van der Waals surface area contributed by atoms with Crippen LogP contribution in [-0.4, -0.2) is 45.2 Å². The predicted molar refractivity (Wildman–Crippen MR) is 121 cm³/mol. The Morgan fingerprint density at radius 3 is 2.44 bits per heavy atom. The van der Waals surface area contributed by atoms with Gasteiger partial charge in [-0.05, 0) is 57.0 Å².